The third-order valence-electron chi connectivity index (χ3n) is 5.03. The molecule has 1 atom stereocenters. The van der Waals surface area contributed by atoms with E-state index in [9.17, 15) is 4.79 Å². The molecule has 0 aliphatic heterocycles. The molecule has 1 heterocycles. The molecule has 0 radical (unpaired) electrons. The molecule has 1 N–H and O–H groups in total. The van der Waals surface area contributed by atoms with Crippen molar-refractivity contribution >= 4 is 5.91 Å². The molecule has 3 rings (SSSR count). The normalized spacial score (nSPS) is 12.8. The van der Waals surface area contributed by atoms with Gasteiger partial charge in [-0.05, 0) is 50.6 Å². The van der Waals surface area contributed by atoms with Crippen LogP contribution < -0.4 is 5.32 Å². The van der Waals surface area contributed by atoms with Crippen LogP contribution in [0.15, 0.2) is 54.9 Å². The summed E-state index contributed by atoms with van der Waals surface area (Å²) in [6.45, 7) is 10.9. The molecule has 0 saturated carbocycles. The second-order valence-corrected chi connectivity index (χ2v) is 8.76. The summed E-state index contributed by atoms with van der Waals surface area (Å²) in [5.74, 6) is 0.306. The highest BCUT2D eigenvalue weighted by Crippen LogP contribution is 2.27. The molecular formula is C23H29N5O. The van der Waals surface area contributed by atoms with Crippen LogP contribution in [0.25, 0.3) is 5.69 Å². The van der Waals surface area contributed by atoms with Gasteiger partial charge >= 0.3 is 0 Å². The summed E-state index contributed by atoms with van der Waals surface area (Å²) in [6.07, 6.45) is 1.87. The van der Waals surface area contributed by atoms with Gasteiger partial charge in [0.1, 0.15) is 6.33 Å². The first-order valence-electron chi connectivity index (χ1n) is 9.96. The maximum absolute atomic E-state index is 12.7. The number of tetrazole rings is 1. The largest absolute Gasteiger partial charge is 0.349 e. The quantitative estimate of drug-likeness (QED) is 0.689. The summed E-state index contributed by atoms with van der Waals surface area (Å²) in [5, 5.41) is 14.3. The highest BCUT2D eigenvalue weighted by atomic mass is 16.1. The number of nitrogens with zero attached hydrogens (tertiary/aromatic N) is 4. The lowest BCUT2D eigenvalue weighted by Gasteiger charge is -2.25. The van der Waals surface area contributed by atoms with Crippen molar-refractivity contribution < 1.29 is 4.79 Å². The molecule has 0 aliphatic carbocycles. The van der Waals surface area contributed by atoms with Gasteiger partial charge in [0.25, 0.3) is 0 Å². The van der Waals surface area contributed by atoms with Crippen molar-refractivity contribution in [1.29, 1.82) is 0 Å². The Hall–Kier alpha value is -3.02. The van der Waals surface area contributed by atoms with Crippen molar-refractivity contribution in [3.05, 3.63) is 71.5 Å². The third-order valence-corrected chi connectivity index (χ3v) is 5.03. The van der Waals surface area contributed by atoms with E-state index in [1.165, 1.54) is 5.56 Å². The molecule has 29 heavy (non-hydrogen) atoms. The lowest BCUT2D eigenvalue weighted by atomic mass is 9.85. The SMILES string of the molecule is CC(C)C(NC(=O)Cc1ccc(-n2cnnn2)cc1)c1ccc(C(C)(C)C)cc1. The van der Waals surface area contributed by atoms with Crippen LogP contribution in [0.1, 0.15) is 57.4 Å². The van der Waals surface area contributed by atoms with Crippen LogP contribution in [0.2, 0.25) is 0 Å². The van der Waals surface area contributed by atoms with E-state index in [1.807, 2.05) is 24.3 Å². The number of nitrogens with one attached hydrogen (secondary N) is 1. The molecule has 1 amide bonds. The van der Waals surface area contributed by atoms with Crippen molar-refractivity contribution in [2.75, 3.05) is 0 Å². The Kier molecular flexibility index (Phi) is 6.11. The average Bonchev–Trinajstić information content (AvgIpc) is 3.21. The standard InChI is InChI=1S/C23H29N5O/c1-16(2)22(18-8-10-19(11-9-18)23(3,4)5)25-21(29)14-17-6-12-20(13-7-17)28-15-24-26-27-28/h6-13,15-16,22H,14H2,1-5H3,(H,25,29). The molecule has 2 aromatic carbocycles. The van der Waals surface area contributed by atoms with Gasteiger partial charge in [-0.3, -0.25) is 4.79 Å². The van der Waals surface area contributed by atoms with E-state index >= 15 is 0 Å². The molecule has 152 valence electrons. The van der Waals surface area contributed by atoms with Crippen molar-refractivity contribution in [2.24, 2.45) is 5.92 Å². The van der Waals surface area contributed by atoms with Crippen LogP contribution in [-0.2, 0) is 16.6 Å². The van der Waals surface area contributed by atoms with Gasteiger partial charge in [0.15, 0.2) is 0 Å². The van der Waals surface area contributed by atoms with Gasteiger partial charge in [-0.25, -0.2) is 4.68 Å². The summed E-state index contributed by atoms with van der Waals surface area (Å²) >= 11 is 0. The van der Waals surface area contributed by atoms with Crippen LogP contribution in [-0.4, -0.2) is 26.1 Å². The molecular weight excluding hydrogens is 362 g/mol. The zero-order valence-corrected chi connectivity index (χ0v) is 17.8. The minimum Gasteiger partial charge on any atom is -0.349 e. The van der Waals surface area contributed by atoms with Gasteiger partial charge in [-0.1, -0.05) is 71.0 Å². The summed E-state index contributed by atoms with van der Waals surface area (Å²) in [7, 11) is 0. The van der Waals surface area contributed by atoms with E-state index in [0.29, 0.717) is 12.3 Å². The van der Waals surface area contributed by atoms with Gasteiger partial charge in [0.2, 0.25) is 5.91 Å². The Labute approximate surface area is 172 Å². The van der Waals surface area contributed by atoms with E-state index < -0.39 is 0 Å². The fraction of sp³-hybridized carbons (Fsp3) is 0.391. The van der Waals surface area contributed by atoms with E-state index in [2.05, 4.69) is 79.7 Å². The molecule has 0 aliphatic rings. The van der Waals surface area contributed by atoms with Gasteiger partial charge in [-0.15, -0.1) is 5.10 Å². The zero-order valence-electron chi connectivity index (χ0n) is 17.8. The number of benzene rings is 2. The number of hydrogen-bond acceptors (Lipinski definition) is 4. The molecule has 1 aromatic heterocycles. The topological polar surface area (TPSA) is 72.7 Å². The fourth-order valence-corrected chi connectivity index (χ4v) is 3.28. The second kappa shape index (κ2) is 8.55. The smallest absolute Gasteiger partial charge is 0.224 e. The minimum atomic E-state index is -0.0167. The Morgan fingerprint density at radius 3 is 2.21 bits per heavy atom. The summed E-state index contributed by atoms with van der Waals surface area (Å²) < 4.78 is 1.58. The van der Waals surface area contributed by atoms with Crippen LogP contribution in [0.4, 0.5) is 0 Å². The van der Waals surface area contributed by atoms with E-state index in [4.69, 9.17) is 0 Å². The van der Waals surface area contributed by atoms with Crippen molar-refractivity contribution in [3.63, 3.8) is 0 Å². The van der Waals surface area contributed by atoms with Crippen molar-refractivity contribution in [1.82, 2.24) is 25.5 Å². The van der Waals surface area contributed by atoms with Gasteiger partial charge in [0, 0.05) is 0 Å². The Morgan fingerprint density at radius 2 is 1.69 bits per heavy atom. The molecule has 0 saturated heterocycles. The van der Waals surface area contributed by atoms with Crippen molar-refractivity contribution in [3.8, 4) is 5.69 Å². The molecule has 3 aromatic rings. The van der Waals surface area contributed by atoms with Crippen LogP contribution >= 0.6 is 0 Å². The number of hydrogen-bond donors (Lipinski definition) is 1. The van der Waals surface area contributed by atoms with Crippen LogP contribution in [0, 0.1) is 5.92 Å². The first-order chi connectivity index (χ1) is 13.7. The predicted octanol–water partition coefficient (Wildman–Crippen LogP) is 4.02. The number of aromatic nitrogens is 4. The Balaban J connectivity index is 1.67. The predicted molar refractivity (Wildman–Crippen MR) is 114 cm³/mol. The Morgan fingerprint density at radius 1 is 1.03 bits per heavy atom. The first-order valence-corrected chi connectivity index (χ1v) is 9.96. The van der Waals surface area contributed by atoms with Crippen molar-refractivity contribution in [2.45, 2.75) is 52.5 Å². The maximum atomic E-state index is 12.7. The number of amides is 1. The van der Waals surface area contributed by atoms with Gasteiger partial charge in [0.05, 0.1) is 18.2 Å². The Bertz CT molecular complexity index is 923. The van der Waals surface area contributed by atoms with Crippen LogP contribution in [0.3, 0.4) is 0 Å². The number of carbonyl (C=O) groups excluding carboxylic acids is 1. The lowest BCUT2D eigenvalue weighted by molar-refractivity contribution is -0.121. The molecule has 6 heteroatoms. The summed E-state index contributed by atoms with van der Waals surface area (Å²) in [5.41, 5.74) is 4.35. The lowest BCUT2D eigenvalue weighted by Crippen LogP contribution is -2.32. The number of rotatable bonds is 6. The highest BCUT2D eigenvalue weighted by Gasteiger charge is 2.20. The molecule has 0 fully saturated rings. The zero-order chi connectivity index (χ0) is 21.0. The maximum Gasteiger partial charge on any atom is 0.224 e. The highest BCUT2D eigenvalue weighted by molar-refractivity contribution is 5.79. The first kappa shape index (κ1) is 20.7. The summed E-state index contributed by atoms with van der Waals surface area (Å²) in [4.78, 5) is 12.7. The minimum absolute atomic E-state index is 0.0128. The molecule has 6 nitrogen and oxygen atoms in total. The van der Waals surface area contributed by atoms with E-state index in [0.717, 1.165) is 16.8 Å². The molecule has 0 spiro atoms. The molecule has 1 unspecified atom stereocenters. The summed E-state index contributed by atoms with van der Waals surface area (Å²) in [6, 6.07) is 16.2. The average molecular weight is 392 g/mol. The third kappa shape index (κ3) is 5.28. The van der Waals surface area contributed by atoms with Crippen LogP contribution in [0.5, 0.6) is 0 Å². The van der Waals surface area contributed by atoms with Gasteiger partial charge in [-0.2, -0.15) is 0 Å². The number of carbonyl (C=O) groups is 1. The van der Waals surface area contributed by atoms with E-state index in [-0.39, 0.29) is 17.4 Å². The van der Waals surface area contributed by atoms with Gasteiger partial charge < -0.3 is 5.32 Å². The monoisotopic (exact) mass is 391 g/mol. The molecule has 0 bridgehead atoms. The van der Waals surface area contributed by atoms with E-state index in [1.54, 1.807) is 11.0 Å². The second-order valence-electron chi connectivity index (χ2n) is 8.76. The fourth-order valence-electron chi connectivity index (χ4n) is 3.28.